The first-order valence-electron chi connectivity index (χ1n) is 5.72. The molecular weight excluding hydrogens is 257 g/mol. The second-order valence-electron chi connectivity index (χ2n) is 3.95. The van der Waals surface area contributed by atoms with Crippen molar-refractivity contribution in [3.05, 3.63) is 48.3 Å². The molecule has 2 N–H and O–H groups in total. The zero-order valence-electron chi connectivity index (χ0n) is 10.0. The van der Waals surface area contributed by atoms with E-state index in [-0.39, 0.29) is 5.75 Å². The zero-order chi connectivity index (χ0) is 13.9. The van der Waals surface area contributed by atoms with Crippen molar-refractivity contribution < 1.29 is 17.9 Å². The van der Waals surface area contributed by atoms with Gasteiger partial charge in [-0.1, -0.05) is 0 Å². The van der Waals surface area contributed by atoms with Crippen molar-refractivity contribution >= 4 is 0 Å². The minimum Gasteiger partial charge on any atom is -0.406 e. The first-order valence-corrected chi connectivity index (χ1v) is 5.72. The molecule has 0 saturated carbocycles. The summed E-state index contributed by atoms with van der Waals surface area (Å²) in [5.74, 6) is -0.233. The van der Waals surface area contributed by atoms with Gasteiger partial charge in [-0.15, -0.1) is 13.2 Å². The maximum absolute atomic E-state index is 12.0. The highest BCUT2D eigenvalue weighted by atomic mass is 19.4. The second-order valence-corrected chi connectivity index (χ2v) is 3.95. The van der Waals surface area contributed by atoms with E-state index in [1.807, 2.05) is 22.9 Å². The summed E-state index contributed by atoms with van der Waals surface area (Å²) in [5.41, 5.74) is 7.27. The van der Waals surface area contributed by atoms with Crippen molar-refractivity contribution in [2.45, 2.75) is 12.8 Å². The molecule has 0 aliphatic carbocycles. The van der Waals surface area contributed by atoms with Gasteiger partial charge in [0.2, 0.25) is 0 Å². The number of aromatic nitrogens is 1. The van der Waals surface area contributed by atoms with Gasteiger partial charge < -0.3 is 15.0 Å². The number of hydrogen-bond donors (Lipinski definition) is 1. The van der Waals surface area contributed by atoms with Crippen molar-refractivity contribution in [2.75, 3.05) is 6.54 Å². The van der Waals surface area contributed by atoms with Gasteiger partial charge in [-0.05, 0) is 42.9 Å². The fourth-order valence-corrected chi connectivity index (χ4v) is 1.83. The number of rotatable bonds is 4. The predicted octanol–water partition coefficient (Wildman–Crippen LogP) is 2.88. The SMILES string of the molecule is NCCc1cccn1-c1ccc(OC(F)(F)F)cc1. The topological polar surface area (TPSA) is 40.2 Å². The molecule has 0 unspecified atom stereocenters. The maximum Gasteiger partial charge on any atom is 0.573 e. The average molecular weight is 270 g/mol. The van der Waals surface area contributed by atoms with Gasteiger partial charge in [-0.2, -0.15) is 0 Å². The summed E-state index contributed by atoms with van der Waals surface area (Å²) in [6.07, 6.45) is -2.13. The van der Waals surface area contributed by atoms with Crippen LogP contribution < -0.4 is 10.5 Å². The van der Waals surface area contributed by atoms with Crippen LogP contribution in [0.3, 0.4) is 0 Å². The van der Waals surface area contributed by atoms with Gasteiger partial charge in [0.05, 0.1) is 0 Å². The summed E-state index contributed by atoms with van der Waals surface area (Å²) in [5, 5.41) is 0. The van der Waals surface area contributed by atoms with Crippen LogP contribution in [0.1, 0.15) is 5.69 Å². The molecule has 1 aromatic carbocycles. The lowest BCUT2D eigenvalue weighted by molar-refractivity contribution is -0.274. The third-order valence-electron chi connectivity index (χ3n) is 2.58. The summed E-state index contributed by atoms with van der Waals surface area (Å²) in [6, 6.07) is 9.50. The Hall–Kier alpha value is -1.95. The third kappa shape index (κ3) is 3.51. The van der Waals surface area contributed by atoms with E-state index in [1.54, 1.807) is 12.1 Å². The Morgan fingerprint density at radius 1 is 1.11 bits per heavy atom. The third-order valence-corrected chi connectivity index (χ3v) is 2.58. The Kier molecular flexibility index (Phi) is 3.80. The highest BCUT2D eigenvalue weighted by Gasteiger charge is 2.30. The van der Waals surface area contributed by atoms with Gasteiger partial charge in [-0.3, -0.25) is 0 Å². The Morgan fingerprint density at radius 3 is 2.37 bits per heavy atom. The van der Waals surface area contributed by atoms with Crippen LogP contribution in [0.25, 0.3) is 5.69 Å². The monoisotopic (exact) mass is 270 g/mol. The fourth-order valence-electron chi connectivity index (χ4n) is 1.83. The largest absolute Gasteiger partial charge is 0.573 e. The van der Waals surface area contributed by atoms with Gasteiger partial charge in [-0.25, -0.2) is 0 Å². The summed E-state index contributed by atoms with van der Waals surface area (Å²) in [7, 11) is 0. The molecule has 6 heteroatoms. The first kappa shape index (κ1) is 13.5. The van der Waals surface area contributed by atoms with Crippen LogP contribution in [0.5, 0.6) is 5.75 Å². The van der Waals surface area contributed by atoms with E-state index in [0.717, 1.165) is 11.4 Å². The highest BCUT2D eigenvalue weighted by molar-refractivity contribution is 5.39. The minimum absolute atomic E-state index is 0.233. The quantitative estimate of drug-likeness (QED) is 0.928. The lowest BCUT2D eigenvalue weighted by Crippen LogP contribution is -2.17. The molecule has 0 saturated heterocycles. The van der Waals surface area contributed by atoms with Crippen molar-refractivity contribution in [1.82, 2.24) is 4.57 Å². The molecule has 1 aromatic heterocycles. The van der Waals surface area contributed by atoms with Gasteiger partial charge in [0.15, 0.2) is 0 Å². The van der Waals surface area contributed by atoms with Gasteiger partial charge in [0.1, 0.15) is 5.75 Å². The van der Waals surface area contributed by atoms with E-state index in [2.05, 4.69) is 4.74 Å². The van der Waals surface area contributed by atoms with E-state index in [0.29, 0.717) is 13.0 Å². The number of nitrogens with two attached hydrogens (primary N) is 1. The predicted molar refractivity (Wildman–Crippen MR) is 65.2 cm³/mol. The average Bonchev–Trinajstić information content (AvgIpc) is 2.77. The van der Waals surface area contributed by atoms with Crippen LogP contribution in [0, 0.1) is 0 Å². The molecule has 2 rings (SSSR count). The Labute approximate surface area is 108 Å². The molecule has 3 nitrogen and oxygen atoms in total. The minimum atomic E-state index is -4.67. The van der Waals surface area contributed by atoms with Gasteiger partial charge in [0, 0.05) is 24.0 Å². The van der Waals surface area contributed by atoms with Gasteiger partial charge >= 0.3 is 6.36 Å². The van der Waals surface area contributed by atoms with Crippen molar-refractivity contribution in [3.63, 3.8) is 0 Å². The van der Waals surface area contributed by atoms with Crippen molar-refractivity contribution in [2.24, 2.45) is 5.73 Å². The molecule has 0 bridgehead atoms. The second kappa shape index (κ2) is 5.36. The molecule has 0 aliphatic heterocycles. The first-order chi connectivity index (χ1) is 8.99. The number of benzene rings is 1. The molecule has 102 valence electrons. The number of halogens is 3. The number of nitrogens with zero attached hydrogens (tertiary/aromatic N) is 1. The summed E-state index contributed by atoms with van der Waals surface area (Å²) < 4.78 is 41.8. The summed E-state index contributed by atoms with van der Waals surface area (Å²) in [4.78, 5) is 0. The summed E-state index contributed by atoms with van der Waals surface area (Å²) in [6.45, 7) is 0.513. The Balaban J connectivity index is 2.20. The highest BCUT2D eigenvalue weighted by Crippen LogP contribution is 2.24. The standard InChI is InChI=1S/C13H13F3N2O/c14-13(15,16)19-12-5-3-11(4-6-12)18-9-1-2-10(18)7-8-17/h1-6,9H,7-8,17H2. The molecule has 0 atom stereocenters. The molecular formula is C13H13F3N2O. The van der Waals surface area contributed by atoms with E-state index >= 15 is 0 Å². The lowest BCUT2D eigenvalue weighted by atomic mass is 10.2. The molecule has 0 fully saturated rings. The van der Waals surface area contributed by atoms with E-state index < -0.39 is 6.36 Å². The van der Waals surface area contributed by atoms with Crippen molar-refractivity contribution in [1.29, 1.82) is 0 Å². The smallest absolute Gasteiger partial charge is 0.406 e. The molecule has 1 heterocycles. The normalized spacial score (nSPS) is 11.6. The lowest BCUT2D eigenvalue weighted by Gasteiger charge is -2.11. The molecule has 0 spiro atoms. The van der Waals surface area contributed by atoms with Crippen molar-refractivity contribution in [3.8, 4) is 11.4 Å². The van der Waals surface area contributed by atoms with Gasteiger partial charge in [0.25, 0.3) is 0 Å². The molecule has 19 heavy (non-hydrogen) atoms. The van der Waals surface area contributed by atoms with E-state index in [1.165, 1.54) is 12.1 Å². The number of hydrogen-bond acceptors (Lipinski definition) is 2. The van der Waals surface area contributed by atoms with Crippen LogP contribution in [-0.2, 0) is 6.42 Å². The zero-order valence-corrected chi connectivity index (χ0v) is 10.0. The Morgan fingerprint density at radius 2 is 1.79 bits per heavy atom. The van der Waals surface area contributed by atoms with Crippen LogP contribution >= 0.6 is 0 Å². The van der Waals surface area contributed by atoms with E-state index in [4.69, 9.17) is 5.73 Å². The van der Waals surface area contributed by atoms with E-state index in [9.17, 15) is 13.2 Å². The maximum atomic E-state index is 12.0. The number of ether oxygens (including phenoxy) is 1. The van der Waals surface area contributed by atoms with Crippen LogP contribution in [-0.4, -0.2) is 17.5 Å². The Bertz CT molecular complexity index is 532. The molecule has 0 amide bonds. The fraction of sp³-hybridized carbons (Fsp3) is 0.231. The van der Waals surface area contributed by atoms with Crippen LogP contribution in [0.15, 0.2) is 42.6 Å². The number of alkyl halides is 3. The summed E-state index contributed by atoms with van der Waals surface area (Å²) >= 11 is 0. The van der Waals surface area contributed by atoms with Crippen LogP contribution in [0.4, 0.5) is 13.2 Å². The molecule has 2 aromatic rings. The molecule has 0 aliphatic rings. The molecule has 0 radical (unpaired) electrons. The van der Waals surface area contributed by atoms with Crippen LogP contribution in [0.2, 0.25) is 0 Å².